The Labute approximate surface area is 102 Å². The van der Waals surface area contributed by atoms with Crippen molar-refractivity contribution in [2.45, 2.75) is 25.2 Å². The van der Waals surface area contributed by atoms with E-state index in [9.17, 15) is 8.78 Å². The number of benzene rings is 1. The molecular weight excluding hydrogens is 240 g/mol. The average molecular weight is 251 g/mol. The molecule has 0 bridgehead atoms. The van der Waals surface area contributed by atoms with Gasteiger partial charge in [0.25, 0.3) is 0 Å². The van der Waals surface area contributed by atoms with Crippen molar-refractivity contribution in [3.8, 4) is 0 Å². The highest BCUT2D eigenvalue weighted by Crippen LogP contribution is 2.40. The lowest BCUT2D eigenvalue weighted by Crippen LogP contribution is -1.91. The normalized spacial score (nSPS) is 15.2. The zero-order valence-corrected chi connectivity index (χ0v) is 9.94. The van der Waals surface area contributed by atoms with E-state index < -0.39 is 11.6 Å². The molecule has 0 spiro atoms. The molecule has 1 nitrogen and oxygen atoms in total. The first-order valence-electron chi connectivity index (χ1n) is 5.60. The van der Waals surface area contributed by atoms with Gasteiger partial charge in [0.2, 0.25) is 0 Å². The molecule has 2 aromatic rings. The van der Waals surface area contributed by atoms with Gasteiger partial charge in [-0.25, -0.2) is 13.8 Å². The van der Waals surface area contributed by atoms with Crippen molar-refractivity contribution >= 4 is 11.3 Å². The van der Waals surface area contributed by atoms with Crippen LogP contribution in [0.1, 0.15) is 35.0 Å². The molecule has 1 aliphatic carbocycles. The van der Waals surface area contributed by atoms with Crippen LogP contribution in [-0.4, -0.2) is 4.98 Å². The summed E-state index contributed by atoms with van der Waals surface area (Å²) in [6, 6.07) is 3.61. The van der Waals surface area contributed by atoms with E-state index >= 15 is 0 Å². The summed E-state index contributed by atoms with van der Waals surface area (Å²) in [5.74, 6) is -0.429. The van der Waals surface area contributed by atoms with Crippen molar-refractivity contribution in [1.82, 2.24) is 4.98 Å². The molecule has 88 valence electrons. The number of rotatable bonds is 3. The first-order valence-corrected chi connectivity index (χ1v) is 6.48. The largest absolute Gasteiger partial charge is 0.246 e. The number of thiazole rings is 1. The third-order valence-corrected chi connectivity index (χ3v) is 3.71. The number of nitrogens with zero attached hydrogens (tertiary/aromatic N) is 1. The van der Waals surface area contributed by atoms with E-state index in [-0.39, 0.29) is 0 Å². The summed E-state index contributed by atoms with van der Waals surface area (Å²) >= 11 is 1.57. The molecule has 4 heteroatoms. The van der Waals surface area contributed by atoms with Crippen molar-refractivity contribution in [3.05, 3.63) is 51.5 Å². The average Bonchev–Trinajstić information content (AvgIpc) is 2.99. The van der Waals surface area contributed by atoms with E-state index in [0.717, 1.165) is 16.8 Å². The monoisotopic (exact) mass is 251 g/mol. The standard InChI is InChI=1S/C13H11F2NS/c14-10-3-8(4-11(15)6-10)5-13-16-12(7-17-13)9-1-2-9/h3-4,6-7,9H,1-2,5H2. The highest BCUT2D eigenvalue weighted by atomic mass is 32.1. The Kier molecular flexibility index (Phi) is 2.67. The molecule has 1 aromatic heterocycles. The molecule has 17 heavy (non-hydrogen) atoms. The van der Waals surface area contributed by atoms with E-state index in [2.05, 4.69) is 10.4 Å². The van der Waals surface area contributed by atoms with Crippen LogP contribution in [0.25, 0.3) is 0 Å². The summed E-state index contributed by atoms with van der Waals surface area (Å²) in [5, 5.41) is 2.99. The first-order chi connectivity index (χ1) is 8.20. The molecule has 3 rings (SSSR count). The third-order valence-electron chi connectivity index (χ3n) is 2.84. The van der Waals surface area contributed by atoms with Crippen LogP contribution in [0.15, 0.2) is 23.6 Å². The van der Waals surface area contributed by atoms with Crippen molar-refractivity contribution in [3.63, 3.8) is 0 Å². The lowest BCUT2D eigenvalue weighted by Gasteiger charge is -1.99. The second-order valence-corrected chi connectivity index (χ2v) is 5.34. The Morgan fingerprint density at radius 3 is 2.53 bits per heavy atom. The van der Waals surface area contributed by atoms with Gasteiger partial charge in [-0.1, -0.05) is 0 Å². The van der Waals surface area contributed by atoms with Gasteiger partial charge in [-0.05, 0) is 30.5 Å². The van der Waals surface area contributed by atoms with Crippen molar-refractivity contribution in [1.29, 1.82) is 0 Å². The molecular formula is C13H11F2NS. The zero-order chi connectivity index (χ0) is 11.8. The highest BCUT2D eigenvalue weighted by Gasteiger charge is 2.25. The fourth-order valence-electron chi connectivity index (χ4n) is 1.86. The molecule has 0 unspecified atom stereocenters. The molecule has 0 N–H and O–H groups in total. The van der Waals surface area contributed by atoms with Gasteiger partial charge in [-0.2, -0.15) is 0 Å². The van der Waals surface area contributed by atoms with Crippen LogP contribution < -0.4 is 0 Å². The predicted octanol–water partition coefficient (Wildman–Crippen LogP) is 3.89. The number of halogens is 2. The van der Waals surface area contributed by atoms with Crippen LogP contribution >= 0.6 is 11.3 Å². The lowest BCUT2D eigenvalue weighted by molar-refractivity contribution is 0.580. The summed E-state index contributed by atoms with van der Waals surface area (Å²) in [5.41, 5.74) is 1.78. The lowest BCUT2D eigenvalue weighted by atomic mass is 10.1. The van der Waals surface area contributed by atoms with Gasteiger partial charge in [0.1, 0.15) is 11.6 Å². The second kappa shape index (κ2) is 4.18. The Balaban J connectivity index is 1.80. The van der Waals surface area contributed by atoms with Gasteiger partial charge in [-0.3, -0.25) is 0 Å². The fraction of sp³-hybridized carbons (Fsp3) is 0.308. The molecule has 1 fully saturated rings. The second-order valence-electron chi connectivity index (χ2n) is 4.39. The summed E-state index contributed by atoms with van der Waals surface area (Å²) in [6.07, 6.45) is 2.95. The zero-order valence-electron chi connectivity index (χ0n) is 9.12. The van der Waals surface area contributed by atoms with Crippen LogP contribution in [0.2, 0.25) is 0 Å². The molecule has 0 radical (unpaired) electrons. The Bertz CT molecular complexity index is 526. The van der Waals surface area contributed by atoms with Gasteiger partial charge in [0.15, 0.2) is 0 Å². The SMILES string of the molecule is Fc1cc(F)cc(Cc2nc(C3CC3)cs2)c1. The van der Waals surface area contributed by atoms with E-state index in [1.54, 1.807) is 11.3 Å². The Hall–Kier alpha value is -1.29. The number of hydrogen-bond acceptors (Lipinski definition) is 2. The summed E-state index contributed by atoms with van der Waals surface area (Å²) in [4.78, 5) is 4.50. The maximum absolute atomic E-state index is 13.0. The quantitative estimate of drug-likeness (QED) is 0.806. The van der Waals surface area contributed by atoms with E-state index in [1.165, 1.54) is 25.0 Å². The third kappa shape index (κ3) is 2.52. The first kappa shape index (κ1) is 10.8. The van der Waals surface area contributed by atoms with Crippen molar-refractivity contribution in [2.24, 2.45) is 0 Å². The molecule has 0 amide bonds. The molecule has 0 saturated heterocycles. The molecule has 1 saturated carbocycles. The smallest absolute Gasteiger partial charge is 0.126 e. The van der Waals surface area contributed by atoms with Crippen molar-refractivity contribution in [2.75, 3.05) is 0 Å². The molecule has 1 heterocycles. The molecule has 1 aliphatic rings. The molecule has 1 aromatic carbocycles. The van der Waals surface area contributed by atoms with E-state index in [4.69, 9.17) is 0 Å². The van der Waals surface area contributed by atoms with Gasteiger partial charge in [-0.15, -0.1) is 11.3 Å². The molecule has 0 atom stereocenters. The van der Waals surface area contributed by atoms with Gasteiger partial charge in [0, 0.05) is 23.8 Å². The number of hydrogen-bond donors (Lipinski definition) is 0. The van der Waals surface area contributed by atoms with Crippen LogP contribution in [0, 0.1) is 11.6 Å². The number of aromatic nitrogens is 1. The summed E-state index contributed by atoms with van der Waals surface area (Å²) in [6.45, 7) is 0. The Morgan fingerprint density at radius 1 is 1.18 bits per heavy atom. The summed E-state index contributed by atoms with van der Waals surface area (Å²) < 4.78 is 26.0. The van der Waals surface area contributed by atoms with Gasteiger partial charge < -0.3 is 0 Å². The van der Waals surface area contributed by atoms with E-state index in [1.807, 2.05) is 0 Å². The van der Waals surface area contributed by atoms with Crippen LogP contribution in [0.3, 0.4) is 0 Å². The van der Waals surface area contributed by atoms with Crippen LogP contribution in [0.4, 0.5) is 8.78 Å². The maximum Gasteiger partial charge on any atom is 0.126 e. The topological polar surface area (TPSA) is 12.9 Å². The van der Waals surface area contributed by atoms with Crippen LogP contribution in [-0.2, 0) is 6.42 Å². The predicted molar refractivity (Wildman–Crippen MR) is 63.3 cm³/mol. The minimum Gasteiger partial charge on any atom is -0.246 e. The fourth-order valence-corrected chi connectivity index (χ4v) is 2.77. The van der Waals surface area contributed by atoms with Crippen LogP contribution in [0.5, 0.6) is 0 Å². The van der Waals surface area contributed by atoms with Gasteiger partial charge >= 0.3 is 0 Å². The summed E-state index contributed by atoms with van der Waals surface area (Å²) in [7, 11) is 0. The molecule has 0 aliphatic heterocycles. The van der Waals surface area contributed by atoms with Crippen molar-refractivity contribution < 1.29 is 8.78 Å². The highest BCUT2D eigenvalue weighted by molar-refractivity contribution is 7.09. The minimum absolute atomic E-state index is 0.506. The van der Waals surface area contributed by atoms with Gasteiger partial charge in [0.05, 0.1) is 10.7 Å². The van der Waals surface area contributed by atoms with E-state index in [0.29, 0.717) is 17.9 Å². The minimum atomic E-state index is -0.529. The Morgan fingerprint density at radius 2 is 1.88 bits per heavy atom. The maximum atomic E-state index is 13.0.